The number of hydrogen-bond acceptors (Lipinski definition) is 7. The van der Waals surface area contributed by atoms with Crippen LogP contribution in [0.15, 0.2) is 77.7 Å². The van der Waals surface area contributed by atoms with Gasteiger partial charge in [-0.25, -0.2) is 5.48 Å². The lowest BCUT2D eigenvalue weighted by Crippen LogP contribution is -2.47. The number of hydroxylamine groups is 1. The molecule has 38 heavy (non-hydrogen) atoms. The SMILES string of the molecule is COCc1ccc(SNCCCC(Cc2ccccc2)C(=O)NC2c3ccccc3CCC2NO)cc1O. The van der Waals surface area contributed by atoms with E-state index in [1.54, 1.807) is 13.2 Å². The van der Waals surface area contributed by atoms with Crippen molar-refractivity contribution in [3.8, 4) is 5.75 Å². The second kappa shape index (κ2) is 14.3. The van der Waals surface area contributed by atoms with Crippen LogP contribution in [0, 0.1) is 5.92 Å². The van der Waals surface area contributed by atoms with Crippen LogP contribution in [0.2, 0.25) is 0 Å². The van der Waals surface area contributed by atoms with Crippen LogP contribution in [0.25, 0.3) is 0 Å². The lowest BCUT2D eigenvalue weighted by Gasteiger charge is -2.34. The highest BCUT2D eigenvalue weighted by atomic mass is 32.2. The van der Waals surface area contributed by atoms with Gasteiger partial charge in [-0.05, 0) is 72.9 Å². The summed E-state index contributed by atoms with van der Waals surface area (Å²) in [6.45, 7) is 1.09. The molecule has 8 heteroatoms. The van der Waals surface area contributed by atoms with E-state index >= 15 is 0 Å². The van der Waals surface area contributed by atoms with Crippen LogP contribution < -0.4 is 15.5 Å². The van der Waals surface area contributed by atoms with Crippen molar-refractivity contribution in [3.05, 3.63) is 95.1 Å². The minimum Gasteiger partial charge on any atom is -0.508 e. The largest absolute Gasteiger partial charge is 0.508 e. The number of carbonyl (C=O) groups is 1. The van der Waals surface area contributed by atoms with Crippen molar-refractivity contribution in [2.75, 3.05) is 13.7 Å². The maximum absolute atomic E-state index is 13.6. The predicted molar refractivity (Wildman–Crippen MR) is 150 cm³/mol. The molecule has 0 heterocycles. The Hall–Kier alpha value is -2.88. The van der Waals surface area contributed by atoms with E-state index in [-0.39, 0.29) is 29.7 Å². The van der Waals surface area contributed by atoms with Crippen molar-refractivity contribution in [1.29, 1.82) is 0 Å². The molecule has 3 aromatic rings. The minimum atomic E-state index is -0.279. The van der Waals surface area contributed by atoms with Gasteiger partial charge in [-0.3, -0.25) is 9.52 Å². The second-order valence-electron chi connectivity index (χ2n) is 9.71. The van der Waals surface area contributed by atoms with Crippen LogP contribution in [0.1, 0.15) is 47.6 Å². The minimum absolute atomic E-state index is 0.00196. The Kier molecular flexibility index (Phi) is 10.6. The summed E-state index contributed by atoms with van der Waals surface area (Å²) in [5.41, 5.74) is 6.59. The van der Waals surface area contributed by atoms with Crippen LogP contribution in [-0.2, 0) is 29.0 Å². The van der Waals surface area contributed by atoms with E-state index in [2.05, 4.69) is 33.7 Å². The first-order valence-electron chi connectivity index (χ1n) is 13.1. The summed E-state index contributed by atoms with van der Waals surface area (Å²) in [6.07, 6.45) is 3.81. The van der Waals surface area contributed by atoms with Gasteiger partial charge in [0.25, 0.3) is 0 Å². The van der Waals surface area contributed by atoms with Crippen LogP contribution in [0.4, 0.5) is 0 Å². The van der Waals surface area contributed by atoms with Gasteiger partial charge in [0.15, 0.2) is 0 Å². The Balaban J connectivity index is 1.36. The maximum Gasteiger partial charge on any atom is 0.223 e. The van der Waals surface area contributed by atoms with E-state index in [1.807, 2.05) is 48.5 Å². The van der Waals surface area contributed by atoms with Crippen molar-refractivity contribution in [3.63, 3.8) is 0 Å². The zero-order chi connectivity index (χ0) is 26.7. The van der Waals surface area contributed by atoms with Gasteiger partial charge >= 0.3 is 0 Å². The summed E-state index contributed by atoms with van der Waals surface area (Å²) in [6, 6.07) is 23.3. The van der Waals surface area contributed by atoms with Gasteiger partial charge in [-0.2, -0.15) is 0 Å². The molecular formula is C30H37N3O4S. The Labute approximate surface area is 229 Å². The fourth-order valence-electron chi connectivity index (χ4n) is 5.01. The number of ether oxygens (including phenoxy) is 1. The number of rotatable bonds is 13. The fourth-order valence-corrected chi connectivity index (χ4v) is 5.73. The van der Waals surface area contributed by atoms with Crippen LogP contribution in [-0.4, -0.2) is 35.9 Å². The Morgan fingerprint density at radius 1 is 1.11 bits per heavy atom. The molecular weight excluding hydrogens is 498 g/mol. The third-order valence-corrected chi connectivity index (χ3v) is 7.89. The van der Waals surface area contributed by atoms with Crippen LogP contribution in [0.5, 0.6) is 5.75 Å². The number of hydrogen-bond donors (Lipinski definition) is 5. The highest BCUT2D eigenvalue weighted by Gasteiger charge is 2.32. The van der Waals surface area contributed by atoms with E-state index in [4.69, 9.17) is 4.74 Å². The average Bonchev–Trinajstić information content (AvgIpc) is 2.94. The average molecular weight is 536 g/mol. The number of fused-ring (bicyclic) bond motifs is 1. The first kappa shape index (κ1) is 28.1. The Morgan fingerprint density at radius 2 is 1.89 bits per heavy atom. The molecule has 0 aliphatic heterocycles. The van der Waals surface area contributed by atoms with Gasteiger partial charge in [-0.15, -0.1) is 0 Å². The summed E-state index contributed by atoms with van der Waals surface area (Å²) < 4.78 is 8.44. The molecule has 1 aliphatic rings. The highest BCUT2D eigenvalue weighted by Crippen LogP contribution is 2.31. The predicted octanol–water partition coefficient (Wildman–Crippen LogP) is 4.93. The van der Waals surface area contributed by atoms with Crippen LogP contribution in [0.3, 0.4) is 0 Å². The van der Waals surface area contributed by atoms with Crippen molar-refractivity contribution < 1.29 is 19.8 Å². The van der Waals surface area contributed by atoms with Crippen molar-refractivity contribution in [1.82, 2.24) is 15.5 Å². The number of aromatic hydroxyl groups is 1. The summed E-state index contributed by atoms with van der Waals surface area (Å²) >= 11 is 1.46. The molecule has 202 valence electrons. The van der Waals surface area contributed by atoms with Crippen molar-refractivity contribution in [2.45, 2.75) is 55.7 Å². The summed E-state index contributed by atoms with van der Waals surface area (Å²) in [7, 11) is 1.60. The smallest absolute Gasteiger partial charge is 0.223 e. The van der Waals surface area contributed by atoms with E-state index in [9.17, 15) is 15.1 Å². The van der Waals surface area contributed by atoms with Gasteiger partial charge in [0, 0.05) is 30.0 Å². The summed E-state index contributed by atoms with van der Waals surface area (Å²) in [5, 5.41) is 23.2. The topological polar surface area (TPSA) is 103 Å². The summed E-state index contributed by atoms with van der Waals surface area (Å²) in [4.78, 5) is 14.5. The van der Waals surface area contributed by atoms with Gasteiger partial charge in [0.05, 0.1) is 18.7 Å². The Morgan fingerprint density at radius 3 is 2.66 bits per heavy atom. The number of aryl methyl sites for hydroxylation is 1. The highest BCUT2D eigenvalue weighted by molar-refractivity contribution is 7.97. The monoisotopic (exact) mass is 535 g/mol. The lowest BCUT2D eigenvalue weighted by molar-refractivity contribution is -0.126. The number of benzene rings is 3. The molecule has 0 aromatic heterocycles. The number of nitrogens with one attached hydrogen (secondary N) is 3. The molecule has 3 atom stereocenters. The molecule has 3 unspecified atom stereocenters. The molecule has 0 bridgehead atoms. The molecule has 0 saturated carbocycles. The number of phenols is 1. The molecule has 7 nitrogen and oxygen atoms in total. The first-order valence-corrected chi connectivity index (χ1v) is 13.9. The number of methoxy groups -OCH3 is 1. The van der Waals surface area contributed by atoms with Gasteiger partial charge in [0.1, 0.15) is 5.75 Å². The maximum atomic E-state index is 13.6. The standard InChI is InChI=1S/C30H37N3O4S/c1-37-20-24-13-15-25(19-28(24)34)38-31-17-7-11-23(18-21-8-3-2-4-9-21)30(35)32-29-26-12-6-5-10-22(26)14-16-27(29)33-36/h2-6,8-10,12-13,15,19,23,27,29,31,33-34,36H,7,11,14,16-18,20H2,1H3,(H,32,35). The van der Waals surface area contributed by atoms with Crippen molar-refractivity contribution >= 4 is 17.9 Å². The van der Waals surface area contributed by atoms with E-state index < -0.39 is 0 Å². The summed E-state index contributed by atoms with van der Waals surface area (Å²) in [5.74, 6) is 0.0234. The van der Waals surface area contributed by atoms with Crippen LogP contribution >= 0.6 is 11.9 Å². The molecule has 0 spiro atoms. The zero-order valence-corrected chi connectivity index (χ0v) is 22.5. The zero-order valence-electron chi connectivity index (χ0n) is 21.7. The molecule has 0 fully saturated rings. The number of phenolic OH excluding ortho intramolecular Hbond substituents is 1. The second-order valence-corrected chi connectivity index (χ2v) is 10.7. The molecule has 3 aromatic carbocycles. The molecule has 0 saturated heterocycles. The number of amides is 1. The third-order valence-electron chi connectivity index (χ3n) is 7.05. The lowest BCUT2D eigenvalue weighted by atomic mass is 9.83. The van der Waals surface area contributed by atoms with Gasteiger partial charge in [0.2, 0.25) is 5.91 Å². The van der Waals surface area contributed by atoms with Gasteiger partial charge < -0.3 is 20.4 Å². The van der Waals surface area contributed by atoms with E-state index in [1.165, 1.54) is 17.5 Å². The number of carbonyl (C=O) groups excluding carboxylic acids is 1. The Bertz CT molecular complexity index is 1180. The molecule has 0 radical (unpaired) electrons. The van der Waals surface area contributed by atoms with Crippen molar-refractivity contribution in [2.24, 2.45) is 5.92 Å². The van der Waals surface area contributed by atoms with E-state index in [0.717, 1.165) is 53.8 Å². The molecule has 1 aliphatic carbocycles. The fraction of sp³-hybridized carbons (Fsp3) is 0.367. The third kappa shape index (κ3) is 7.58. The normalized spacial score (nSPS) is 17.5. The molecule has 5 N–H and O–H groups in total. The molecule has 4 rings (SSSR count). The quantitative estimate of drug-likeness (QED) is 0.120. The first-order chi connectivity index (χ1) is 18.6. The van der Waals surface area contributed by atoms with Gasteiger partial charge in [-0.1, -0.05) is 60.7 Å². The molecule has 1 amide bonds. The van der Waals surface area contributed by atoms with E-state index in [0.29, 0.717) is 13.0 Å².